The Labute approximate surface area is 305 Å². The number of ether oxygens (including phenoxy) is 6. The fourth-order valence-electron chi connectivity index (χ4n) is 8.89. The number of aryl methyl sites for hydroxylation is 1. The first kappa shape index (κ1) is 34.7. The van der Waals surface area contributed by atoms with Crippen molar-refractivity contribution < 1.29 is 53.3 Å². The lowest BCUT2D eigenvalue weighted by Gasteiger charge is -2.58. The van der Waals surface area contributed by atoms with Crippen molar-refractivity contribution in [2.24, 2.45) is 0 Å². The van der Waals surface area contributed by atoms with E-state index in [-0.39, 0.29) is 36.4 Å². The number of esters is 2. The zero-order valence-electron chi connectivity index (χ0n) is 29.3. The number of piperazine rings is 1. The van der Waals surface area contributed by atoms with Crippen LogP contribution >= 0.6 is 12.6 Å². The summed E-state index contributed by atoms with van der Waals surface area (Å²) in [6.07, 6.45) is -0.122. The van der Waals surface area contributed by atoms with Gasteiger partial charge in [-0.15, -0.1) is 0 Å². The van der Waals surface area contributed by atoms with Crippen molar-refractivity contribution in [2.75, 3.05) is 34.2 Å². The maximum Gasteiger partial charge on any atom is 0.327 e. The van der Waals surface area contributed by atoms with Crippen molar-refractivity contribution in [1.82, 2.24) is 15.5 Å². The SMILES string of the molecule is COc1cc2c(cc1O)CCNC2C(=O)OCC1c2c3c(c(C)c(OC(C)=O)c2C(S)C2C4NC(Cc5cc(C)c(OC)c(O)c54)C(O)N12)OCO3. The molecular formula is C37H41N3O11S. The highest BCUT2D eigenvalue weighted by Crippen LogP contribution is 2.61. The van der Waals surface area contributed by atoms with E-state index in [1.807, 2.05) is 17.9 Å². The molecule has 1 fully saturated rings. The lowest BCUT2D eigenvalue weighted by Crippen LogP contribution is -2.69. The third-order valence-corrected chi connectivity index (χ3v) is 11.6. The third kappa shape index (κ3) is 5.16. The second-order valence-corrected chi connectivity index (χ2v) is 14.4. The van der Waals surface area contributed by atoms with Gasteiger partial charge in [0.2, 0.25) is 6.79 Å². The molecule has 0 aromatic heterocycles. The average molecular weight is 736 g/mol. The summed E-state index contributed by atoms with van der Waals surface area (Å²) < 4.78 is 35.0. The Morgan fingerprint density at radius 1 is 1.02 bits per heavy atom. The van der Waals surface area contributed by atoms with Gasteiger partial charge in [-0.1, -0.05) is 6.07 Å². The van der Waals surface area contributed by atoms with Gasteiger partial charge in [0.25, 0.3) is 0 Å². The number of aliphatic hydroxyl groups excluding tert-OH is 1. The largest absolute Gasteiger partial charge is 0.504 e. The van der Waals surface area contributed by atoms with Crippen LogP contribution in [0.1, 0.15) is 74.8 Å². The van der Waals surface area contributed by atoms with Gasteiger partial charge in [0.15, 0.2) is 34.5 Å². The number of carbonyl (C=O) groups excluding carboxylic acids is 2. The molecule has 8 rings (SSSR count). The first-order valence-electron chi connectivity index (χ1n) is 17.2. The first-order valence-corrected chi connectivity index (χ1v) is 17.7. The lowest BCUT2D eigenvalue weighted by molar-refractivity contribution is -0.160. The van der Waals surface area contributed by atoms with Gasteiger partial charge in [-0.2, -0.15) is 12.6 Å². The number of rotatable bonds is 6. The number of thiol groups is 1. The minimum absolute atomic E-state index is 0.00956. The Morgan fingerprint density at radius 2 is 1.79 bits per heavy atom. The van der Waals surface area contributed by atoms with Crippen LogP contribution in [0, 0.1) is 13.8 Å². The molecule has 0 aliphatic carbocycles. The van der Waals surface area contributed by atoms with Gasteiger partial charge >= 0.3 is 11.9 Å². The van der Waals surface area contributed by atoms with Crippen molar-refractivity contribution in [3.63, 3.8) is 0 Å². The molecule has 0 spiro atoms. The Kier molecular flexibility index (Phi) is 8.61. The van der Waals surface area contributed by atoms with Crippen LogP contribution in [0.5, 0.6) is 40.2 Å². The summed E-state index contributed by atoms with van der Waals surface area (Å²) in [6.45, 7) is 5.08. The quantitative estimate of drug-likeness (QED) is 0.124. The summed E-state index contributed by atoms with van der Waals surface area (Å²) in [5.41, 5.74) is 5.25. The van der Waals surface area contributed by atoms with Crippen molar-refractivity contribution in [2.45, 2.75) is 75.3 Å². The second kappa shape index (κ2) is 12.9. The monoisotopic (exact) mass is 735 g/mol. The van der Waals surface area contributed by atoms with Crippen LogP contribution < -0.4 is 34.3 Å². The number of methoxy groups -OCH3 is 2. The van der Waals surface area contributed by atoms with Gasteiger partial charge in [0.05, 0.1) is 32.3 Å². The molecule has 1 saturated heterocycles. The number of aliphatic hydroxyl groups is 1. The number of carbonyl (C=O) groups is 2. The Balaban J connectivity index is 1.27. The van der Waals surface area contributed by atoms with E-state index in [0.29, 0.717) is 64.5 Å². The summed E-state index contributed by atoms with van der Waals surface area (Å²) in [5, 5.41) is 40.3. The molecule has 5 aliphatic heterocycles. The molecule has 14 nitrogen and oxygen atoms in total. The first-order chi connectivity index (χ1) is 24.9. The van der Waals surface area contributed by atoms with Crippen LogP contribution in [-0.4, -0.2) is 84.6 Å². The van der Waals surface area contributed by atoms with Gasteiger partial charge in [-0.05, 0) is 61.1 Å². The van der Waals surface area contributed by atoms with Crippen LogP contribution in [0.3, 0.4) is 0 Å². The fourth-order valence-corrected chi connectivity index (χ4v) is 9.47. The number of phenols is 2. The van der Waals surface area contributed by atoms with Gasteiger partial charge in [0, 0.05) is 47.0 Å². The molecule has 276 valence electrons. The number of aromatic hydroxyl groups is 2. The predicted octanol–water partition coefficient (Wildman–Crippen LogP) is 3.10. The van der Waals surface area contributed by atoms with Crippen molar-refractivity contribution >= 4 is 24.6 Å². The number of nitrogens with one attached hydrogen (secondary N) is 2. The van der Waals surface area contributed by atoms with Gasteiger partial charge in [0.1, 0.15) is 24.6 Å². The summed E-state index contributed by atoms with van der Waals surface area (Å²) in [7, 11) is 2.94. The van der Waals surface area contributed by atoms with Crippen molar-refractivity contribution in [3.8, 4) is 40.2 Å². The van der Waals surface area contributed by atoms with E-state index in [1.165, 1.54) is 21.1 Å². The molecular weight excluding hydrogens is 694 g/mol. The smallest absolute Gasteiger partial charge is 0.327 e. The van der Waals surface area contributed by atoms with E-state index in [9.17, 15) is 24.9 Å². The van der Waals surface area contributed by atoms with E-state index in [4.69, 9.17) is 41.0 Å². The molecule has 3 aromatic carbocycles. The van der Waals surface area contributed by atoms with E-state index in [1.54, 1.807) is 19.1 Å². The van der Waals surface area contributed by atoms with Crippen LogP contribution in [0.2, 0.25) is 0 Å². The molecule has 5 heterocycles. The average Bonchev–Trinajstić information content (AvgIpc) is 3.61. The standard InChI is InChI=1S/C37H41N3O11S/c1-14-8-18-9-20-36(44)40-21(12-48-37(45)27-19-11-23(46-4)22(42)10-17(19)6-7-38-27)25-26(32(51-16(3)41)15(2)33-34(25)50-13-49-33)35(52)29(40)28(39-20)24(18)30(43)31(14)47-5/h8,10-11,20-21,27-29,35-36,38-39,42-44,52H,6-7,9,12-13H2,1-5H3. The highest BCUT2D eigenvalue weighted by Gasteiger charge is 2.57. The third-order valence-electron chi connectivity index (χ3n) is 11.0. The van der Waals surface area contributed by atoms with E-state index >= 15 is 0 Å². The van der Waals surface area contributed by atoms with Crippen LogP contribution in [0.15, 0.2) is 18.2 Å². The predicted molar refractivity (Wildman–Crippen MR) is 188 cm³/mol. The van der Waals surface area contributed by atoms with Crippen molar-refractivity contribution in [3.05, 3.63) is 62.7 Å². The maximum atomic E-state index is 14.0. The van der Waals surface area contributed by atoms with E-state index in [2.05, 4.69) is 10.6 Å². The molecule has 2 bridgehead atoms. The van der Waals surface area contributed by atoms with E-state index < -0.39 is 53.6 Å². The summed E-state index contributed by atoms with van der Waals surface area (Å²) >= 11 is 5.19. The van der Waals surface area contributed by atoms with Crippen LogP contribution in [0.25, 0.3) is 0 Å². The topological polar surface area (TPSA) is 178 Å². The lowest BCUT2D eigenvalue weighted by atomic mass is 9.74. The number of nitrogens with zero attached hydrogens (tertiary/aromatic N) is 1. The number of benzene rings is 3. The molecule has 0 radical (unpaired) electrons. The highest BCUT2D eigenvalue weighted by molar-refractivity contribution is 7.80. The zero-order chi connectivity index (χ0) is 36.7. The summed E-state index contributed by atoms with van der Waals surface area (Å²) in [5.74, 6) is 0.439. The molecule has 5 aliphatic rings. The molecule has 15 heteroatoms. The Bertz CT molecular complexity index is 2010. The number of hydrogen-bond acceptors (Lipinski definition) is 15. The summed E-state index contributed by atoms with van der Waals surface area (Å²) in [4.78, 5) is 28.5. The second-order valence-electron chi connectivity index (χ2n) is 13.8. The zero-order valence-corrected chi connectivity index (χ0v) is 30.2. The van der Waals surface area contributed by atoms with Gasteiger partial charge in [-0.3, -0.25) is 9.69 Å². The number of hydrogen-bond donors (Lipinski definition) is 6. The van der Waals surface area contributed by atoms with Crippen LogP contribution in [-0.2, 0) is 27.2 Å². The molecule has 7 atom stereocenters. The molecule has 0 amide bonds. The minimum Gasteiger partial charge on any atom is -0.504 e. The van der Waals surface area contributed by atoms with Gasteiger partial charge < -0.3 is 54.4 Å². The van der Waals surface area contributed by atoms with Crippen LogP contribution in [0.4, 0.5) is 0 Å². The molecule has 5 N–H and O–H groups in total. The molecule has 7 unspecified atom stereocenters. The highest BCUT2D eigenvalue weighted by atomic mass is 32.1. The Morgan fingerprint density at radius 3 is 2.52 bits per heavy atom. The van der Waals surface area contributed by atoms with Crippen molar-refractivity contribution in [1.29, 1.82) is 0 Å². The maximum absolute atomic E-state index is 14.0. The normalized spacial score (nSPS) is 26.7. The van der Waals surface area contributed by atoms with E-state index in [0.717, 1.165) is 16.7 Å². The molecule has 0 saturated carbocycles. The number of phenolic OH excluding ortho intramolecular Hbond substituents is 2. The minimum atomic E-state index is -1.11. The number of fused-ring (bicyclic) bond motifs is 10. The molecule has 3 aromatic rings. The fraction of sp³-hybridized carbons (Fsp3) is 0.459. The van der Waals surface area contributed by atoms with Gasteiger partial charge in [-0.25, -0.2) is 4.79 Å². The Hall–Kier alpha value is -4.41. The molecule has 52 heavy (non-hydrogen) atoms. The summed E-state index contributed by atoms with van der Waals surface area (Å²) in [6, 6.07) is 1.78.